The minimum atomic E-state index is -0.0330. The molecule has 0 unspecified atom stereocenters. The van der Waals surface area contributed by atoms with Gasteiger partial charge in [0.1, 0.15) is 5.82 Å². The van der Waals surface area contributed by atoms with Crippen molar-refractivity contribution in [2.75, 3.05) is 12.4 Å². The van der Waals surface area contributed by atoms with Crippen molar-refractivity contribution in [2.45, 2.75) is 25.8 Å². The quantitative estimate of drug-likeness (QED) is 0.812. The minimum Gasteiger partial charge on any atom is -0.372 e. The highest BCUT2D eigenvalue weighted by atomic mass is 16.1. The van der Waals surface area contributed by atoms with Gasteiger partial charge in [-0.2, -0.15) is 0 Å². The number of hydrogen-bond acceptors (Lipinski definition) is 3. The smallest absolute Gasteiger partial charge is 0.255 e. The molecule has 4 heteroatoms. The molecule has 1 amide bonds. The fraction of sp³-hybridized carbons (Fsp3) is 0.500. The Labute approximate surface area is 95.5 Å². The maximum absolute atomic E-state index is 11.9. The molecule has 86 valence electrons. The molecular weight excluding hydrogens is 202 g/mol. The number of carbonyl (C=O) groups is 1. The Bertz CT molecular complexity index is 386. The first kappa shape index (κ1) is 10.9. The van der Waals surface area contributed by atoms with Gasteiger partial charge in [-0.05, 0) is 30.9 Å². The average Bonchev–Trinajstić information content (AvgIpc) is 2.27. The predicted molar refractivity (Wildman–Crippen MR) is 63.4 cm³/mol. The normalized spacial score (nSPS) is 23.4. The number of rotatable bonds is 3. The van der Waals surface area contributed by atoms with E-state index >= 15 is 0 Å². The number of amides is 1. The topological polar surface area (TPSA) is 54.0 Å². The molecule has 1 aromatic heterocycles. The Morgan fingerprint density at radius 1 is 1.50 bits per heavy atom. The lowest BCUT2D eigenvalue weighted by atomic mass is 9.82. The largest absolute Gasteiger partial charge is 0.372 e. The Balaban J connectivity index is 2.03. The van der Waals surface area contributed by atoms with Crippen molar-refractivity contribution in [3.63, 3.8) is 0 Å². The third-order valence-electron chi connectivity index (χ3n) is 3.00. The van der Waals surface area contributed by atoms with E-state index in [0.717, 1.165) is 18.8 Å². The zero-order chi connectivity index (χ0) is 11.5. The molecule has 1 heterocycles. The highest BCUT2D eigenvalue weighted by molar-refractivity contribution is 5.98. The summed E-state index contributed by atoms with van der Waals surface area (Å²) in [6.07, 6.45) is 3.84. The first-order valence-corrected chi connectivity index (χ1v) is 5.64. The molecule has 0 saturated heterocycles. The van der Waals surface area contributed by atoms with E-state index in [2.05, 4.69) is 22.5 Å². The number of anilines is 1. The van der Waals surface area contributed by atoms with Gasteiger partial charge < -0.3 is 10.6 Å². The molecule has 0 aliphatic heterocycles. The van der Waals surface area contributed by atoms with E-state index < -0.39 is 0 Å². The van der Waals surface area contributed by atoms with Gasteiger partial charge in [0.05, 0.1) is 5.56 Å². The molecule has 2 N–H and O–H groups in total. The van der Waals surface area contributed by atoms with Crippen LogP contribution in [0.15, 0.2) is 18.3 Å². The second kappa shape index (κ2) is 4.51. The third kappa shape index (κ3) is 2.15. The van der Waals surface area contributed by atoms with E-state index in [1.54, 1.807) is 25.4 Å². The standard InChI is InChI=1S/C12H17N3O/c1-8-6-9(7-8)15-12(16)10-4-3-5-14-11(10)13-2/h3-5,8-9H,6-7H2,1-2H3,(H,13,14)(H,15,16). The van der Waals surface area contributed by atoms with Crippen molar-refractivity contribution < 1.29 is 4.79 Å². The molecule has 16 heavy (non-hydrogen) atoms. The van der Waals surface area contributed by atoms with Gasteiger partial charge in [-0.1, -0.05) is 6.92 Å². The highest BCUT2D eigenvalue weighted by Crippen LogP contribution is 2.26. The van der Waals surface area contributed by atoms with Crippen LogP contribution in [0.4, 0.5) is 5.82 Å². The second-order valence-electron chi connectivity index (χ2n) is 4.40. The van der Waals surface area contributed by atoms with Gasteiger partial charge in [0, 0.05) is 19.3 Å². The van der Waals surface area contributed by atoms with Gasteiger partial charge in [-0.3, -0.25) is 4.79 Å². The molecular formula is C12H17N3O. The summed E-state index contributed by atoms with van der Waals surface area (Å²) >= 11 is 0. The Kier molecular flexibility index (Phi) is 3.08. The molecule has 1 aliphatic carbocycles. The predicted octanol–water partition coefficient (Wildman–Crippen LogP) is 1.65. The summed E-state index contributed by atoms with van der Waals surface area (Å²) in [5.41, 5.74) is 0.615. The zero-order valence-corrected chi connectivity index (χ0v) is 9.66. The number of hydrogen-bond donors (Lipinski definition) is 2. The van der Waals surface area contributed by atoms with Crippen LogP contribution in [0.3, 0.4) is 0 Å². The first-order chi connectivity index (χ1) is 7.70. The van der Waals surface area contributed by atoms with Crippen molar-refractivity contribution in [3.05, 3.63) is 23.9 Å². The lowest BCUT2D eigenvalue weighted by Crippen LogP contribution is -2.43. The van der Waals surface area contributed by atoms with Crippen LogP contribution in [0, 0.1) is 5.92 Å². The Hall–Kier alpha value is -1.58. The SMILES string of the molecule is CNc1ncccc1C(=O)NC1CC(C)C1. The van der Waals surface area contributed by atoms with Crippen LogP contribution in [0.1, 0.15) is 30.1 Å². The maximum atomic E-state index is 11.9. The summed E-state index contributed by atoms with van der Waals surface area (Å²) in [5.74, 6) is 1.34. The van der Waals surface area contributed by atoms with E-state index in [0.29, 0.717) is 17.4 Å². The van der Waals surface area contributed by atoms with Gasteiger partial charge >= 0.3 is 0 Å². The summed E-state index contributed by atoms with van der Waals surface area (Å²) in [7, 11) is 1.77. The van der Waals surface area contributed by atoms with Gasteiger partial charge in [0.2, 0.25) is 0 Å². The fourth-order valence-electron chi connectivity index (χ4n) is 2.07. The lowest BCUT2D eigenvalue weighted by molar-refractivity contribution is 0.0896. The van der Waals surface area contributed by atoms with Crippen LogP contribution in [0.25, 0.3) is 0 Å². The highest BCUT2D eigenvalue weighted by Gasteiger charge is 2.27. The molecule has 1 saturated carbocycles. The van der Waals surface area contributed by atoms with Gasteiger partial charge in [0.25, 0.3) is 5.91 Å². The second-order valence-corrected chi connectivity index (χ2v) is 4.40. The molecule has 4 nitrogen and oxygen atoms in total. The number of pyridine rings is 1. The van der Waals surface area contributed by atoms with E-state index in [9.17, 15) is 4.79 Å². The van der Waals surface area contributed by atoms with E-state index in [1.807, 2.05) is 0 Å². The van der Waals surface area contributed by atoms with Gasteiger partial charge in [-0.15, -0.1) is 0 Å². The number of nitrogens with one attached hydrogen (secondary N) is 2. The van der Waals surface area contributed by atoms with E-state index in [4.69, 9.17) is 0 Å². The van der Waals surface area contributed by atoms with Crippen molar-refractivity contribution >= 4 is 11.7 Å². The zero-order valence-electron chi connectivity index (χ0n) is 9.66. The number of aromatic nitrogens is 1. The third-order valence-corrected chi connectivity index (χ3v) is 3.00. The summed E-state index contributed by atoms with van der Waals surface area (Å²) < 4.78 is 0. The fourth-order valence-corrected chi connectivity index (χ4v) is 2.07. The van der Waals surface area contributed by atoms with Crippen molar-refractivity contribution in [1.29, 1.82) is 0 Å². The molecule has 1 fully saturated rings. The van der Waals surface area contributed by atoms with Crippen LogP contribution in [0.2, 0.25) is 0 Å². The van der Waals surface area contributed by atoms with Crippen molar-refractivity contribution in [3.8, 4) is 0 Å². The average molecular weight is 219 g/mol. The Morgan fingerprint density at radius 3 is 2.88 bits per heavy atom. The Morgan fingerprint density at radius 2 is 2.25 bits per heavy atom. The molecule has 0 spiro atoms. The summed E-state index contributed by atoms with van der Waals surface area (Å²) in [6.45, 7) is 2.20. The van der Waals surface area contributed by atoms with Crippen LogP contribution < -0.4 is 10.6 Å². The molecule has 0 atom stereocenters. The summed E-state index contributed by atoms with van der Waals surface area (Å²) in [6, 6.07) is 3.91. The van der Waals surface area contributed by atoms with Crippen molar-refractivity contribution in [2.24, 2.45) is 5.92 Å². The molecule has 0 bridgehead atoms. The maximum Gasteiger partial charge on any atom is 0.255 e. The number of carbonyl (C=O) groups excluding carboxylic acids is 1. The molecule has 0 aromatic carbocycles. The van der Waals surface area contributed by atoms with Crippen LogP contribution in [-0.4, -0.2) is 24.0 Å². The van der Waals surface area contributed by atoms with Crippen LogP contribution in [-0.2, 0) is 0 Å². The monoisotopic (exact) mass is 219 g/mol. The van der Waals surface area contributed by atoms with Crippen LogP contribution in [0.5, 0.6) is 0 Å². The molecule has 1 aromatic rings. The summed E-state index contributed by atoms with van der Waals surface area (Å²) in [5, 5.41) is 5.94. The van der Waals surface area contributed by atoms with Crippen LogP contribution >= 0.6 is 0 Å². The molecule has 2 rings (SSSR count). The van der Waals surface area contributed by atoms with Gasteiger partial charge in [0.15, 0.2) is 0 Å². The summed E-state index contributed by atoms with van der Waals surface area (Å²) in [4.78, 5) is 16.1. The van der Waals surface area contributed by atoms with E-state index in [1.165, 1.54) is 0 Å². The lowest BCUT2D eigenvalue weighted by Gasteiger charge is -2.33. The first-order valence-electron chi connectivity index (χ1n) is 5.64. The number of nitrogens with zero attached hydrogens (tertiary/aromatic N) is 1. The molecule has 0 radical (unpaired) electrons. The van der Waals surface area contributed by atoms with E-state index in [-0.39, 0.29) is 5.91 Å². The molecule has 1 aliphatic rings. The van der Waals surface area contributed by atoms with Gasteiger partial charge in [-0.25, -0.2) is 4.98 Å². The minimum absolute atomic E-state index is 0.0330. The van der Waals surface area contributed by atoms with Crippen molar-refractivity contribution in [1.82, 2.24) is 10.3 Å².